The maximum atomic E-state index is 12.9. The van der Waals surface area contributed by atoms with Crippen molar-refractivity contribution in [3.63, 3.8) is 0 Å². The SMILES string of the molecule is CC1CCN(C(=O)c2ccccc2NC(=O)C(C)Oc2ccccc2Cl)CC1. The predicted octanol–water partition coefficient (Wildman–Crippen LogP) is 4.62. The molecule has 0 spiro atoms. The van der Waals surface area contributed by atoms with E-state index in [0.29, 0.717) is 27.9 Å². The molecular formula is C22H25ClN2O3. The van der Waals surface area contributed by atoms with Gasteiger partial charge in [0.25, 0.3) is 11.8 Å². The van der Waals surface area contributed by atoms with Crippen LogP contribution in [0.1, 0.15) is 37.0 Å². The number of nitrogens with one attached hydrogen (secondary N) is 1. The molecule has 0 saturated carbocycles. The molecule has 1 saturated heterocycles. The standard InChI is InChI=1S/C22H25ClN2O3/c1-15-11-13-25(14-12-15)22(27)17-7-3-5-9-19(17)24-21(26)16(2)28-20-10-6-4-8-18(20)23/h3-10,15-16H,11-14H2,1-2H3,(H,24,26). The van der Waals surface area contributed by atoms with Crippen LogP contribution >= 0.6 is 11.6 Å². The van der Waals surface area contributed by atoms with Gasteiger partial charge in [0.05, 0.1) is 16.3 Å². The van der Waals surface area contributed by atoms with Gasteiger partial charge in [-0.3, -0.25) is 9.59 Å². The third-order valence-corrected chi connectivity index (χ3v) is 5.31. The van der Waals surface area contributed by atoms with Gasteiger partial charge < -0.3 is 15.0 Å². The van der Waals surface area contributed by atoms with Gasteiger partial charge in [-0.2, -0.15) is 0 Å². The van der Waals surface area contributed by atoms with Crippen LogP contribution < -0.4 is 10.1 Å². The van der Waals surface area contributed by atoms with Crippen molar-refractivity contribution < 1.29 is 14.3 Å². The lowest BCUT2D eigenvalue weighted by molar-refractivity contribution is -0.122. The zero-order valence-corrected chi connectivity index (χ0v) is 16.9. The smallest absolute Gasteiger partial charge is 0.265 e. The monoisotopic (exact) mass is 400 g/mol. The maximum Gasteiger partial charge on any atom is 0.265 e. The number of likely N-dealkylation sites (tertiary alicyclic amines) is 1. The molecular weight excluding hydrogens is 376 g/mol. The molecule has 1 unspecified atom stereocenters. The number of nitrogens with zero attached hydrogens (tertiary/aromatic N) is 1. The highest BCUT2D eigenvalue weighted by Crippen LogP contribution is 2.25. The molecule has 0 radical (unpaired) electrons. The Morgan fingerprint density at radius 3 is 2.46 bits per heavy atom. The summed E-state index contributed by atoms with van der Waals surface area (Å²) in [4.78, 5) is 27.4. The zero-order chi connectivity index (χ0) is 20.1. The number of ether oxygens (including phenoxy) is 1. The van der Waals surface area contributed by atoms with E-state index >= 15 is 0 Å². The molecule has 2 aromatic carbocycles. The second-order valence-corrected chi connectivity index (χ2v) is 7.61. The van der Waals surface area contributed by atoms with E-state index < -0.39 is 6.10 Å². The Bertz CT molecular complexity index is 847. The zero-order valence-electron chi connectivity index (χ0n) is 16.2. The molecule has 1 heterocycles. The molecule has 6 heteroatoms. The largest absolute Gasteiger partial charge is 0.479 e. The molecule has 28 heavy (non-hydrogen) atoms. The average molecular weight is 401 g/mol. The van der Waals surface area contributed by atoms with E-state index in [2.05, 4.69) is 12.2 Å². The van der Waals surface area contributed by atoms with Crippen molar-refractivity contribution in [3.8, 4) is 5.75 Å². The molecule has 2 aromatic rings. The second-order valence-electron chi connectivity index (χ2n) is 7.20. The molecule has 3 rings (SSSR count). The van der Waals surface area contributed by atoms with Gasteiger partial charge in [-0.1, -0.05) is 42.8 Å². The minimum absolute atomic E-state index is 0.0533. The maximum absolute atomic E-state index is 12.9. The lowest BCUT2D eigenvalue weighted by Gasteiger charge is -2.31. The highest BCUT2D eigenvalue weighted by molar-refractivity contribution is 6.32. The summed E-state index contributed by atoms with van der Waals surface area (Å²) in [5.74, 6) is 0.690. The minimum atomic E-state index is -0.765. The van der Waals surface area contributed by atoms with Crippen molar-refractivity contribution in [2.45, 2.75) is 32.8 Å². The Morgan fingerprint density at radius 1 is 1.11 bits per heavy atom. The first-order valence-corrected chi connectivity index (χ1v) is 9.94. The molecule has 1 N–H and O–H groups in total. The number of para-hydroxylation sites is 2. The van der Waals surface area contributed by atoms with Crippen molar-refractivity contribution in [1.29, 1.82) is 0 Å². The number of rotatable bonds is 5. The van der Waals surface area contributed by atoms with Crippen LogP contribution in [0, 0.1) is 5.92 Å². The van der Waals surface area contributed by atoms with Crippen LogP contribution in [-0.4, -0.2) is 35.9 Å². The summed E-state index contributed by atoms with van der Waals surface area (Å²) >= 11 is 6.09. The Kier molecular flexibility index (Phi) is 6.57. The van der Waals surface area contributed by atoms with Crippen LogP contribution in [0.25, 0.3) is 0 Å². The molecule has 5 nitrogen and oxygen atoms in total. The number of hydrogen-bond acceptors (Lipinski definition) is 3. The van der Waals surface area contributed by atoms with Crippen molar-refractivity contribution in [2.24, 2.45) is 5.92 Å². The third kappa shape index (κ3) is 4.84. The number of hydrogen-bond donors (Lipinski definition) is 1. The highest BCUT2D eigenvalue weighted by atomic mass is 35.5. The topological polar surface area (TPSA) is 58.6 Å². The summed E-state index contributed by atoms with van der Waals surface area (Å²) in [6.07, 6.45) is 1.24. The molecule has 1 atom stereocenters. The number of benzene rings is 2. The number of halogens is 1. The fourth-order valence-corrected chi connectivity index (χ4v) is 3.36. The molecule has 1 aliphatic rings. The molecule has 0 aliphatic carbocycles. The number of anilines is 1. The first-order valence-electron chi connectivity index (χ1n) is 9.56. The Hall–Kier alpha value is -2.53. The van der Waals surface area contributed by atoms with Gasteiger partial charge >= 0.3 is 0 Å². The molecule has 0 aromatic heterocycles. The summed E-state index contributed by atoms with van der Waals surface area (Å²) in [7, 11) is 0. The summed E-state index contributed by atoms with van der Waals surface area (Å²) < 4.78 is 5.67. The molecule has 1 aliphatic heterocycles. The molecule has 148 valence electrons. The highest BCUT2D eigenvalue weighted by Gasteiger charge is 2.24. The quantitative estimate of drug-likeness (QED) is 0.796. The lowest BCUT2D eigenvalue weighted by atomic mass is 9.98. The van der Waals surface area contributed by atoms with Crippen LogP contribution in [0.4, 0.5) is 5.69 Å². The number of carbonyl (C=O) groups excluding carboxylic acids is 2. The summed E-state index contributed by atoms with van der Waals surface area (Å²) in [5, 5.41) is 3.27. The Labute approximate surface area is 170 Å². The summed E-state index contributed by atoms with van der Waals surface area (Å²) in [6, 6.07) is 14.1. The number of amides is 2. The van der Waals surface area contributed by atoms with Gasteiger partial charge in [-0.25, -0.2) is 0 Å². The van der Waals surface area contributed by atoms with E-state index in [4.69, 9.17) is 16.3 Å². The first kappa shape index (κ1) is 20.2. The van der Waals surface area contributed by atoms with Crippen molar-refractivity contribution in [2.75, 3.05) is 18.4 Å². The average Bonchev–Trinajstić information content (AvgIpc) is 2.70. The van der Waals surface area contributed by atoms with Crippen LogP contribution in [0.5, 0.6) is 5.75 Å². The van der Waals surface area contributed by atoms with Crippen LogP contribution in [0.3, 0.4) is 0 Å². The summed E-state index contributed by atoms with van der Waals surface area (Å²) in [6.45, 7) is 5.34. The van der Waals surface area contributed by atoms with Crippen molar-refractivity contribution in [1.82, 2.24) is 4.90 Å². The van der Waals surface area contributed by atoms with Crippen LogP contribution in [-0.2, 0) is 4.79 Å². The normalized spacial score (nSPS) is 15.8. The van der Waals surface area contributed by atoms with E-state index in [-0.39, 0.29) is 11.8 Å². The Balaban J connectivity index is 1.69. The first-order chi connectivity index (χ1) is 13.5. The van der Waals surface area contributed by atoms with Gasteiger partial charge in [-0.15, -0.1) is 0 Å². The van der Waals surface area contributed by atoms with E-state index in [1.54, 1.807) is 55.5 Å². The number of piperidine rings is 1. The van der Waals surface area contributed by atoms with Gasteiger partial charge in [0.2, 0.25) is 0 Å². The summed E-state index contributed by atoms with van der Waals surface area (Å²) in [5.41, 5.74) is 0.987. The van der Waals surface area contributed by atoms with Crippen LogP contribution in [0.15, 0.2) is 48.5 Å². The van der Waals surface area contributed by atoms with Gasteiger partial charge in [0.1, 0.15) is 5.75 Å². The van der Waals surface area contributed by atoms with Crippen molar-refractivity contribution in [3.05, 3.63) is 59.1 Å². The fourth-order valence-electron chi connectivity index (χ4n) is 3.18. The van der Waals surface area contributed by atoms with Crippen LogP contribution in [0.2, 0.25) is 5.02 Å². The van der Waals surface area contributed by atoms with E-state index in [9.17, 15) is 9.59 Å². The molecule has 1 fully saturated rings. The number of carbonyl (C=O) groups is 2. The van der Waals surface area contributed by atoms with Gasteiger partial charge in [-0.05, 0) is 49.9 Å². The van der Waals surface area contributed by atoms with E-state index in [1.165, 1.54) is 0 Å². The van der Waals surface area contributed by atoms with Gasteiger partial charge in [0, 0.05) is 13.1 Å². The molecule has 0 bridgehead atoms. The minimum Gasteiger partial charge on any atom is -0.479 e. The molecule has 2 amide bonds. The van der Waals surface area contributed by atoms with E-state index in [0.717, 1.165) is 25.9 Å². The predicted molar refractivity (Wildman–Crippen MR) is 111 cm³/mol. The second kappa shape index (κ2) is 9.11. The fraction of sp³-hybridized carbons (Fsp3) is 0.364. The lowest BCUT2D eigenvalue weighted by Crippen LogP contribution is -2.38. The van der Waals surface area contributed by atoms with Gasteiger partial charge in [0.15, 0.2) is 6.10 Å². The van der Waals surface area contributed by atoms with E-state index in [1.807, 2.05) is 4.90 Å². The third-order valence-electron chi connectivity index (χ3n) is 5.00. The Morgan fingerprint density at radius 2 is 1.75 bits per heavy atom. The van der Waals surface area contributed by atoms with Crippen molar-refractivity contribution >= 4 is 29.1 Å².